The third-order valence-electron chi connectivity index (χ3n) is 3.30. The van der Waals surface area contributed by atoms with Crippen molar-refractivity contribution in [3.05, 3.63) is 23.3 Å². The number of aliphatic hydroxyl groups excluding tert-OH is 1. The maximum absolute atomic E-state index is 10.0. The van der Waals surface area contributed by atoms with Gasteiger partial charge in [-0.1, -0.05) is 13.8 Å². The van der Waals surface area contributed by atoms with Crippen molar-refractivity contribution in [2.45, 2.75) is 31.8 Å². The molecule has 0 saturated heterocycles. The first-order valence-corrected chi connectivity index (χ1v) is 5.44. The molecule has 1 N–H and O–H groups in total. The van der Waals surface area contributed by atoms with Gasteiger partial charge in [-0.3, -0.25) is 0 Å². The Morgan fingerprint density at radius 1 is 1.25 bits per heavy atom. The predicted octanol–water partition coefficient (Wildman–Crippen LogP) is 2.42. The summed E-state index contributed by atoms with van der Waals surface area (Å²) < 4.78 is 10.6. The van der Waals surface area contributed by atoms with Crippen LogP contribution in [0.5, 0.6) is 11.5 Å². The number of hydrogen-bond acceptors (Lipinski definition) is 3. The summed E-state index contributed by atoms with van der Waals surface area (Å²) in [6.07, 6.45) is 0.306. The molecule has 0 aliphatic heterocycles. The molecule has 0 bridgehead atoms. The normalized spacial score (nSPS) is 21.7. The molecule has 16 heavy (non-hydrogen) atoms. The summed E-state index contributed by atoms with van der Waals surface area (Å²) in [6.45, 7) is 4.24. The molecule has 3 nitrogen and oxygen atoms in total. The molecule has 1 aromatic carbocycles. The average molecular weight is 222 g/mol. The van der Waals surface area contributed by atoms with Crippen molar-refractivity contribution in [3.8, 4) is 11.5 Å². The van der Waals surface area contributed by atoms with E-state index in [1.807, 2.05) is 12.1 Å². The predicted molar refractivity (Wildman–Crippen MR) is 62.1 cm³/mol. The van der Waals surface area contributed by atoms with Gasteiger partial charge in [-0.2, -0.15) is 0 Å². The van der Waals surface area contributed by atoms with Crippen molar-refractivity contribution in [3.63, 3.8) is 0 Å². The molecule has 3 heteroatoms. The quantitative estimate of drug-likeness (QED) is 0.835. The van der Waals surface area contributed by atoms with Crippen molar-refractivity contribution in [1.82, 2.24) is 0 Å². The van der Waals surface area contributed by atoms with Gasteiger partial charge in [0.2, 0.25) is 0 Å². The maximum atomic E-state index is 10.0. The van der Waals surface area contributed by atoms with Crippen LogP contribution in [0.3, 0.4) is 0 Å². The van der Waals surface area contributed by atoms with Crippen LogP contribution >= 0.6 is 0 Å². The van der Waals surface area contributed by atoms with E-state index in [4.69, 9.17) is 9.47 Å². The summed E-state index contributed by atoms with van der Waals surface area (Å²) >= 11 is 0. The number of hydrogen-bond donors (Lipinski definition) is 1. The van der Waals surface area contributed by atoms with Crippen LogP contribution in [0.15, 0.2) is 12.1 Å². The van der Waals surface area contributed by atoms with Crippen LogP contribution in [-0.4, -0.2) is 19.3 Å². The Morgan fingerprint density at radius 3 is 2.50 bits per heavy atom. The van der Waals surface area contributed by atoms with E-state index in [2.05, 4.69) is 13.8 Å². The van der Waals surface area contributed by atoms with E-state index in [1.165, 1.54) is 0 Å². The minimum atomic E-state index is -0.422. The lowest BCUT2D eigenvalue weighted by Crippen LogP contribution is -2.13. The lowest BCUT2D eigenvalue weighted by atomic mass is 9.86. The third kappa shape index (κ3) is 1.55. The summed E-state index contributed by atoms with van der Waals surface area (Å²) in [5.41, 5.74) is 1.98. The summed E-state index contributed by atoms with van der Waals surface area (Å²) in [4.78, 5) is 0. The Bertz CT molecular complexity index is 410. The summed E-state index contributed by atoms with van der Waals surface area (Å²) in [6, 6.07) is 3.77. The van der Waals surface area contributed by atoms with Crippen LogP contribution in [0.25, 0.3) is 0 Å². The van der Waals surface area contributed by atoms with Gasteiger partial charge in [-0.15, -0.1) is 0 Å². The fourth-order valence-corrected chi connectivity index (χ4v) is 2.57. The number of methoxy groups -OCH3 is 2. The van der Waals surface area contributed by atoms with Crippen molar-refractivity contribution < 1.29 is 14.6 Å². The van der Waals surface area contributed by atoms with Crippen molar-refractivity contribution in [2.75, 3.05) is 14.2 Å². The van der Waals surface area contributed by atoms with Gasteiger partial charge < -0.3 is 14.6 Å². The zero-order chi connectivity index (χ0) is 11.9. The van der Waals surface area contributed by atoms with Crippen LogP contribution in [0, 0.1) is 0 Å². The van der Waals surface area contributed by atoms with E-state index in [-0.39, 0.29) is 5.41 Å². The van der Waals surface area contributed by atoms with E-state index in [1.54, 1.807) is 14.2 Å². The van der Waals surface area contributed by atoms with Gasteiger partial charge in [0.25, 0.3) is 0 Å². The molecule has 0 radical (unpaired) electrons. The molecule has 0 amide bonds. The number of aliphatic hydroxyl groups is 1. The second-order valence-corrected chi connectivity index (χ2v) is 4.90. The van der Waals surface area contributed by atoms with E-state index < -0.39 is 6.10 Å². The Balaban J connectivity index is 2.64. The van der Waals surface area contributed by atoms with Crippen LogP contribution in [0.2, 0.25) is 0 Å². The topological polar surface area (TPSA) is 38.7 Å². The first-order valence-electron chi connectivity index (χ1n) is 5.44. The second kappa shape index (κ2) is 3.67. The first-order chi connectivity index (χ1) is 7.49. The highest BCUT2D eigenvalue weighted by Gasteiger charge is 2.39. The molecule has 88 valence electrons. The van der Waals surface area contributed by atoms with Gasteiger partial charge in [0.1, 0.15) is 11.5 Å². The van der Waals surface area contributed by atoms with Crippen LogP contribution in [0.1, 0.15) is 37.5 Å². The fraction of sp³-hybridized carbons (Fsp3) is 0.538. The molecular formula is C13H18O3. The van der Waals surface area contributed by atoms with Crippen LogP contribution in [-0.2, 0) is 5.41 Å². The zero-order valence-corrected chi connectivity index (χ0v) is 10.2. The van der Waals surface area contributed by atoms with E-state index in [0.717, 1.165) is 29.0 Å². The third-order valence-corrected chi connectivity index (χ3v) is 3.30. The molecule has 1 aromatic rings. The highest BCUT2D eigenvalue weighted by molar-refractivity contribution is 5.54. The first kappa shape index (κ1) is 11.3. The maximum Gasteiger partial charge on any atom is 0.126 e. The van der Waals surface area contributed by atoms with Gasteiger partial charge in [0.15, 0.2) is 0 Å². The molecule has 0 unspecified atom stereocenters. The molecule has 1 aliphatic rings. The average Bonchev–Trinajstić information content (AvgIpc) is 2.48. The second-order valence-electron chi connectivity index (χ2n) is 4.90. The highest BCUT2D eigenvalue weighted by atomic mass is 16.5. The standard InChI is InChI=1S/C13H18O3/c1-13(2)7-10(14)9-5-8(15-3)6-11(16-4)12(9)13/h5-6,10,14H,7H2,1-4H3/t10-/m0/s1. The Kier molecular flexibility index (Phi) is 2.58. The van der Waals surface area contributed by atoms with Gasteiger partial charge in [-0.25, -0.2) is 0 Å². The fourth-order valence-electron chi connectivity index (χ4n) is 2.57. The highest BCUT2D eigenvalue weighted by Crippen LogP contribution is 2.50. The number of benzene rings is 1. The van der Waals surface area contributed by atoms with E-state index in [9.17, 15) is 5.11 Å². The zero-order valence-electron chi connectivity index (χ0n) is 10.2. The van der Waals surface area contributed by atoms with Gasteiger partial charge in [0.05, 0.1) is 20.3 Å². The van der Waals surface area contributed by atoms with Crippen molar-refractivity contribution in [2.24, 2.45) is 0 Å². The number of rotatable bonds is 2. The Hall–Kier alpha value is -1.22. The molecule has 0 aromatic heterocycles. The molecular weight excluding hydrogens is 204 g/mol. The summed E-state index contributed by atoms with van der Waals surface area (Å²) in [5, 5.41) is 10.0. The van der Waals surface area contributed by atoms with Crippen molar-refractivity contribution in [1.29, 1.82) is 0 Å². The monoisotopic (exact) mass is 222 g/mol. The Morgan fingerprint density at radius 2 is 1.94 bits per heavy atom. The molecule has 2 rings (SSSR count). The van der Waals surface area contributed by atoms with Gasteiger partial charge in [0, 0.05) is 11.6 Å². The molecule has 1 atom stereocenters. The van der Waals surface area contributed by atoms with Crippen LogP contribution in [0.4, 0.5) is 0 Å². The minimum absolute atomic E-state index is 0.0492. The van der Waals surface area contributed by atoms with Crippen LogP contribution < -0.4 is 9.47 Å². The van der Waals surface area contributed by atoms with Crippen molar-refractivity contribution >= 4 is 0 Å². The minimum Gasteiger partial charge on any atom is -0.497 e. The summed E-state index contributed by atoms with van der Waals surface area (Å²) in [5.74, 6) is 1.53. The van der Waals surface area contributed by atoms with Gasteiger partial charge in [-0.05, 0) is 23.5 Å². The summed E-state index contributed by atoms with van der Waals surface area (Å²) in [7, 11) is 3.27. The largest absolute Gasteiger partial charge is 0.497 e. The van der Waals surface area contributed by atoms with E-state index in [0.29, 0.717) is 0 Å². The SMILES string of the molecule is COc1cc(OC)c2c(c1)[C@@H](O)CC2(C)C. The smallest absolute Gasteiger partial charge is 0.126 e. The molecule has 1 aliphatic carbocycles. The Labute approximate surface area is 96.0 Å². The van der Waals surface area contributed by atoms with E-state index >= 15 is 0 Å². The molecule has 0 heterocycles. The molecule has 0 spiro atoms. The molecule has 0 fully saturated rings. The lowest BCUT2D eigenvalue weighted by Gasteiger charge is -2.21. The number of fused-ring (bicyclic) bond motifs is 1. The van der Waals surface area contributed by atoms with Gasteiger partial charge >= 0.3 is 0 Å². The lowest BCUT2D eigenvalue weighted by molar-refractivity contribution is 0.161. The number of ether oxygens (including phenoxy) is 2. The molecule has 0 saturated carbocycles.